The van der Waals surface area contributed by atoms with Gasteiger partial charge < -0.3 is 24.6 Å². The summed E-state index contributed by atoms with van der Waals surface area (Å²) in [6.45, 7) is 4.26. The van der Waals surface area contributed by atoms with E-state index in [0.29, 0.717) is 5.92 Å². The van der Waals surface area contributed by atoms with Crippen molar-refractivity contribution in [1.82, 2.24) is 15.1 Å². The van der Waals surface area contributed by atoms with Gasteiger partial charge in [0.15, 0.2) is 5.96 Å². The molecule has 0 aromatic heterocycles. The summed E-state index contributed by atoms with van der Waals surface area (Å²) in [5, 5.41) is 3.37. The van der Waals surface area contributed by atoms with E-state index in [1.165, 1.54) is 0 Å². The average Bonchev–Trinajstić information content (AvgIpc) is 3.20. The standard InChI is InChI=1S/C16H30N4O3/c1-19(2)15(21)10-18-16(17-9-14-5-4-7-23-14)20(3)11-13-6-8-22-12-13/h13-14H,4-12H2,1-3H3,(H,17,18). The topological polar surface area (TPSA) is 66.4 Å². The summed E-state index contributed by atoms with van der Waals surface area (Å²) in [4.78, 5) is 20.0. The SMILES string of the molecule is CN(C)C(=O)CN=C(NCC1CCCO1)N(C)CC1CCOC1. The first kappa shape index (κ1) is 18.0. The number of hydrogen-bond donors (Lipinski definition) is 1. The molecule has 2 unspecified atom stereocenters. The Morgan fingerprint density at radius 1 is 1.26 bits per heavy atom. The highest BCUT2D eigenvalue weighted by Crippen LogP contribution is 2.14. The van der Waals surface area contributed by atoms with Crippen molar-refractivity contribution < 1.29 is 14.3 Å². The van der Waals surface area contributed by atoms with E-state index in [2.05, 4.69) is 15.2 Å². The van der Waals surface area contributed by atoms with Gasteiger partial charge >= 0.3 is 0 Å². The molecule has 0 aliphatic carbocycles. The Morgan fingerprint density at radius 3 is 2.70 bits per heavy atom. The smallest absolute Gasteiger partial charge is 0.243 e. The maximum Gasteiger partial charge on any atom is 0.243 e. The van der Waals surface area contributed by atoms with E-state index in [1.807, 2.05) is 7.05 Å². The van der Waals surface area contributed by atoms with Crippen molar-refractivity contribution in [3.05, 3.63) is 0 Å². The Kier molecular flexibility index (Phi) is 7.11. The van der Waals surface area contributed by atoms with E-state index >= 15 is 0 Å². The number of aliphatic imine (C=N–C) groups is 1. The minimum atomic E-state index is -0.000911. The first-order valence-electron chi connectivity index (χ1n) is 8.45. The number of ether oxygens (including phenoxy) is 2. The van der Waals surface area contributed by atoms with Gasteiger partial charge in [-0.15, -0.1) is 0 Å². The van der Waals surface area contributed by atoms with E-state index in [4.69, 9.17) is 9.47 Å². The fourth-order valence-electron chi connectivity index (χ4n) is 2.81. The normalized spacial score (nSPS) is 24.7. The number of nitrogens with one attached hydrogen (secondary N) is 1. The molecule has 0 radical (unpaired) electrons. The summed E-state index contributed by atoms with van der Waals surface area (Å²) in [6.07, 6.45) is 3.53. The van der Waals surface area contributed by atoms with Crippen LogP contribution in [0.4, 0.5) is 0 Å². The largest absolute Gasteiger partial charge is 0.381 e. The molecule has 2 saturated heterocycles. The molecule has 2 atom stereocenters. The van der Waals surface area contributed by atoms with Gasteiger partial charge in [-0.1, -0.05) is 0 Å². The number of likely N-dealkylation sites (N-methyl/N-ethyl adjacent to an activating group) is 1. The van der Waals surface area contributed by atoms with Crippen LogP contribution in [0.3, 0.4) is 0 Å². The van der Waals surface area contributed by atoms with E-state index in [0.717, 1.165) is 58.1 Å². The van der Waals surface area contributed by atoms with Crippen LogP contribution in [0.25, 0.3) is 0 Å². The van der Waals surface area contributed by atoms with Crippen molar-refractivity contribution in [1.29, 1.82) is 0 Å². The van der Waals surface area contributed by atoms with E-state index < -0.39 is 0 Å². The minimum absolute atomic E-state index is 0.000911. The molecule has 2 aliphatic heterocycles. The third kappa shape index (κ3) is 5.99. The van der Waals surface area contributed by atoms with Crippen molar-refractivity contribution in [2.24, 2.45) is 10.9 Å². The Bertz CT molecular complexity index is 402. The first-order valence-corrected chi connectivity index (χ1v) is 8.45. The highest BCUT2D eigenvalue weighted by atomic mass is 16.5. The zero-order valence-electron chi connectivity index (χ0n) is 14.6. The second-order valence-electron chi connectivity index (χ2n) is 6.55. The van der Waals surface area contributed by atoms with Crippen LogP contribution in [0.5, 0.6) is 0 Å². The van der Waals surface area contributed by atoms with Crippen LogP contribution in [-0.4, -0.2) is 88.4 Å². The van der Waals surface area contributed by atoms with Gasteiger partial charge in [-0.2, -0.15) is 0 Å². The van der Waals surface area contributed by atoms with Crippen LogP contribution >= 0.6 is 0 Å². The Labute approximate surface area is 139 Å². The maximum atomic E-state index is 11.8. The average molecular weight is 326 g/mol. The molecule has 2 aliphatic rings. The van der Waals surface area contributed by atoms with Crippen LogP contribution < -0.4 is 5.32 Å². The number of rotatable bonds is 6. The van der Waals surface area contributed by atoms with E-state index in [9.17, 15) is 4.79 Å². The molecule has 0 saturated carbocycles. The van der Waals surface area contributed by atoms with Gasteiger partial charge in [0.1, 0.15) is 6.54 Å². The number of nitrogens with zero attached hydrogens (tertiary/aromatic N) is 3. The van der Waals surface area contributed by atoms with Crippen LogP contribution in [0.2, 0.25) is 0 Å². The summed E-state index contributed by atoms with van der Waals surface area (Å²) in [5.74, 6) is 1.29. The van der Waals surface area contributed by atoms with Gasteiger partial charge in [0.25, 0.3) is 0 Å². The quantitative estimate of drug-likeness (QED) is 0.557. The van der Waals surface area contributed by atoms with Gasteiger partial charge in [-0.25, -0.2) is 4.99 Å². The zero-order chi connectivity index (χ0) is 16.7. The molecule has 0 aromatic rings. The summed E-state index contributed by atoms with van der Waals surface area (Å²) in [5.41, 5.74) is 0. The zero-order valence-corrected chi connectivity index (χ0v) is 14.6. The van der Waals surface area contributed by atoms with Crippen molar-refractivity contribution in [2.75, 3.05) is 60.6 Å². The lowest BCUT2D eigenvalue weighted by Gasteiger charge is -2.26. The molecule has 0 aromatic carbocycles. The van der Waals surface area contributed by atoms with Gasteiger partial charge in [0.2, 0.25) is 5.91 Å². The fourth-order valence-corrected chi connectivity index (χ4v) is 2.81. The third-order valence-electron chi connectivity index (χ3n) is 4.29. The van der Waals surface area contributed by atoms with Gasteiger partial charge in [-0.05, 0) is 19.3 Å². The summed E-state index contributed by atoms with van der Waals surface area (Å²) >= 11 is 0. The number of guanidine groups is 1. The monoisotopic (exact) mass is 326 g/mol. The summed E-state index contributed by atoms with van der Waals surface area (Å²) in [6, 6.07) is 0. The molecule has 2 rings (SSSR count). The van der Waals surface area contributed by atoms with Crippen LogP contribution in [0.15, 0.2) is 4.99 Å². The van der Waals surface area contributed by atoms with E-state index in [-0.39, 0.29) is 18.6 Å². The Hall–Kier alpha value is -1.34. The van der Waals surface area contributed by atoms with Crippen molar-refractivity contribution in [2.45, 2.75) is 25.4 Å². The minimum Gasteiger partial charge on any atom is -0.381 e. The molecule has 7 nitrogen and oxygen atoms in total. The van der Waals surface area contributed by atoms with E-state index in [1.54, 1.807) is 19.0 Å². The lowest BCUT2D eigenvalue weighted by molar-refractivity contribution is -0.127. The highest BCUT2D eigenvalue weighted by molar-refractivity contribution is 5.84. The molecule has 2 fully saturated rings. The third-order valence-corrected chi connectivity index (χ3v) is 4.29. The van der Waals surface area contributed by atoms with Crippen LogP contribution in [-0.2, 0) is 14.3 Å². The molecule has 132 valence electrons. The number of hydrogen-bond acceptors (Lipinski definition) is 4. The number of carbonyl (C=O) groups excluding carboxylic acids is 1. The number of carbonyl (C=O) groups is 1. The molecule has 7 heteroatoms. The van der Waals surface area contributed by atoms with Crippen molar-refractivity contribution >= 4 is 11.9 Å². The summed E-state index contributed by atoms with van der Waals surface area (Å²) < 4.78 is 11.1. The predicted octanol–water partition coefficient (Wildman–Crippen LogP) is 0.168. The lowest BCUT2D eigenvalue weighted by atomic mass is 10.1. The Morgan fingerprint density at radius 2 is 2.09 bits per heavy atom. The molecule has 1 N–H and O–H groups in total. The van der Waals surface area contributed by atoms with Crippen molar-refractivity contribution in [3.8, 4) is 0 Å². The molecule has 0 spiro atoms. The molecule has 0 bridgehead atoms. The lowest BCUT2D eigenvalue weighted by Crippen LogP contribution is -2.44. The summed E-state index contributed by atoms with van der Waals surface area (Å²) in [7, 11) is 5.51. The second-order valence-corrected chi connectivity index (χ2v) is 6.55. The number of amides is 1. The second kappa shape index (κ2) is 9.08. The predicted molar refractivity (Wildman–Crippen MR) is 89.5 cm³/mol. The van der Waals surface area contributed by atoms with Crippen LogP contribution in [0, 0.1) is 5.92 Å². The van der Waals surface area contributed by atoms with Gasteiger partial charge in [-0.3, -0.25) is 4.79 Å². The first-order chi connectivity index (χ1) is 11.1. The molecule has 2 heterocycles. The van der Waals surface area contributed by atoms with Crippen molar-refractivity contribution in [3.63, 3.8) is 0 Å². The molecular formula is C16H30N4O3. The fraction of sp³-hybridized carbons (Fsp3) is 0.875. The Balaban J connectivity index is 1.90. The molecular weight excluding hydrogens is 296 g/mol. The van der Waals surface area contributed by atoms with Gasteiger partial charge in [0.05, 0.1) is 12.7 Å². The van der Waals surface area contributed by atoms with Gasteiger partial charge in [0, 0.05) is 53.4 Å². The molecule has 1 amide bonds. The van der Waals surface area contributed by atoms with Crippen LogP contribution in [0.1, 0.15) is 19.3 Å². The molecule has 23 heavy (non-hydrogen) atoms. The maximum absolute atomic E-state index is 11.8. The highest BCUT2D eigenvalue weighted by Gasteiger charge is 2.21.